The van der Waals surface area contributed by atoms with Gasteiger partial charge in [-0.1, -0.05) is 11.6 Å². The van der Waals surface area contributed by atoms with Gasteiger partial charge in [-0.25, -0.2) is 0 Å². The van der Waals surface area contributed by atoms with Crippen molar-refractivity contribution in [1.82, 2.24) is 10.3 Å². The monoisotopic (exact) mass is 303 g/mol. The number of aromatic nitrogens is 1. The molecule has 106 valence electrons. The lowest BCUT2D eigenvalue weighted by Crippen LogP contribution is -2.40. The maximum atomic E-state index is 12.5. The second kappa shape index (κ2) is 5.29. The number of carbonyl (C=O) groups excluding carboxylic acids is 1. The molecule has 2 atom stereocenters. The van der Waals surface area contributed by atoms with E-state index in [-0.39, 0.29) is 35.5 Å². The lowest BCUT2D eigenvalue weighted by molar-refractivity contribution is -0.137. The third kappa shape index (κ3) is 2.85. The van der Waals surface area contributed by atoms with E-state index in [9.17, 15) is 18.0 Å². The molecule has 1 N–H and O–H groups in total. The molecule has 0 saturated carbocycles. The summed E-state index contributed by atoms with van der Waals surface area (Å²) >= 11 is 5.84. The molecule has 1 amide bonds. The SMILES string of the molecule is N#CC1CC(c2ncc(C(F)(F)F)cc2Cl)CNC1=O. The fourth-order valence-corrected chi connectivity index (χ4v) is 2.37. The summed E-state index contributed by atoms with van der Waals surface area (Å²) in [7, 11) is 0. The number of amides is 1. The molecule has 4 nitrogen and oxygen atoms in total. The summed E-state index contributed by atoms with van der Waals surface area (Å²) in [5, 5.41) is 11.2. The number of hydrogen-bond donors (Lipinski definition) is 1. The molecule has 0 aromatic carbocycles. The van der Waals surface area contributed by atoms with E-state index in [1.165, 1.54) is 0 Å². The molecule has 8 heteroatoms. The van der Waals surface area contributed by atoms with E-state index in [0.717, 1.165) is 6.07 Å². The van der Waals surface area contributed by atoms with Crippen LogP contribution in [-0.2, 0) is 11.0 Å². The molecule has 0 aliphatic carbocycles. The summed E-state index contributed by atoms with van der Waals surface area (Å²) in [4.78, 5) is 15.1. The predicted octanol–water partition coefficient (Wildman–Crippen LogP) is 2.50. The van der Waals surface area contributed by atoms with Gasteiger partial charge in [-0.2, -0.15) is 18.4 Å². The number of nitriles is 1. The number of alkyl halides is 3. The van der Waals surface area contributed by atoms with E-state index in [1.54, 1.807) is 0 Å². The quantitative estimate of drug-likeness (QED) is 0.867. The second-order valence-corrected chi connectivity index (χ2v) is 4.86. The van der Waals surface area contributed by atoms with Gasteiger partial charge in [0.05, 0.1) is 22.3 Å². The van der Waals surface area contributed by atoms with Crippen LogP contribution in [0.2, 0.25) is 5.02 Å². The lowest BCUT2D eigenvalue weighted by atomic mass is 9.88. The van der Waals surface area contributed by atoms with Crippen LogP contribution < -0.4 is 5.32 Å². The van der Waals surface area contributed by atoms with Gasteiger partial charge in [-0.15, -0.1) is 0 Å². The van der Waals surface area contributed by atoms with E-state index in [2.05, 4.69) is 10.3 Å². The summed E-state index contributed by atoms with van der Waals surface area (Å²) in [5.41, 5.74) is -0.664. The van der Waals surface area contributed by atoms with Gasteiger partial charge >= 0.3 is 6.18 Å². The van der Waals surface area contributed by atoms with Crippen molar-refractivity contribution in [2.24, 2.45) is 5.92 Å². The Kier molecular flexibility index (Phi) is 3.86. The van der Waals surface area contributed by atoms with Crippen molar-refractivity contribution < 1.29 is 18.0 Å². The highest BCUT2D eigenvalue weighted by Crippen LogP contribution is 2.35. The lowest BCUT2D eigenvalue weighted by Gasteiger charge is -2.26. The Hall–Kier alpha value is -1.81. The van der Waals surface area contributed by atoms with Gasteiger partial charge in [-0.3, -0.25) is 9.78 Å². The largest absolute Gasteiger partial charge is 0.417 e. The first-order valence-corrected chi connectivity index (χ1v) is 6.10. The number of carbonyl (C=O) groups is 1. The number of pyridine rings is 1. The zero-order chi connectivity index (χ0) is 14.9. The molecule has 1 aliphatic rings. The first-order valence-electron chi connectivity index (χ1n) is 5.73. The molecule has 1 aromatic rings. The number of nitrogens with one attached hydrogen (secondary N) is 1. The Morgan fingerprint density at radius 2 is 2.20 bits per heavy atom. The van der Waals surface area contributed by atoms with Crippen molar-refractivity contribution >= 4 is 17.5 Å². The summed E-state index contributed by atoms with van der Waals surface area (Å²) in [6.07, 6.45) is -3.61. The van der Waals surface area contributed by atoms with E-state index in [0.29, 0.717) is 6.20 Å². The predicted molar refractivity (Wildman–Crippen MR) is 63.7 cm³/mol. The molecule has 20 heavy (non-hydrogen) atoms. The van der Waals surface area contributed by atoms with Crippen molar-refractivity contribution in [3.05, 3.63) is 28.5 Å². The summed E-state index contributed by atoms with van der Waals surface area (Å²) in [6.45, 7) is 0.203. The highest BCUT2D eigenvalue weighted by atomic mass is 35.5. The van der Waals surface area contributed by atoms with Crippen LogP contribution in [0.4, 0.5) is 13.2 Å². The molecular weight excluding hydrogens is 295 g/mol. The molecule has 2 heterocycles. The summed E-state index contributed by atoms with van der Waals surface area (Å²) in [5.74, 6) is -1.59. The van der Waals surface area contributed by atoms with E-state index in [1.807, 2.05) is 6.07 Å². The fraction of sp³-hybridized carbons (Fsp3) is 0.417. The van der Waals surface area contributed by atoms with Crippen LogP contribution in [0.1, 0.15) is 23.6 Å². The first-order chi connectivity index (χ1) is 9.32. The van der Waals surface area contributed by atoms with Gasteiger partial charge in [0.1, 0.15) is 5.92 Å². The third-order valence-electron chi connectivity index (χ3n) is 3.10. The van der Waals surface area contributed by atoms with Crippen molar-refractivity contribution in [2.75, 3.05) is 6.54 Å². The molecule has 1 saturated heterocycles. The minimum absolute atomic E-state index is 0.113. The zero-order valence-electron chi connectivity index (χ0n) is 10.0. The van der Waals surface area contributed by atoms with Crippen LogP contribution >= 0.6 is 11.6 Å². The minimum atomic E-state index is -4.51. The van der Waals surface area contributed by atoms with E-state index >= 15 is 0 Å². The third-order valence-corrected chi connectivity index (χ3v) is 3.40. The van der Waals surface area contributed by atoms with Gasteiger partial charge in [0.15, 0.2) is 0 Å². The molecule has 1 aliphatic heterocycles. The maximum absolute atomic E-state index is 12.5. The molecule has 1 fully saturated rings. The number of piperidine rings is 1. The zero-order valence-corrected chi connectivity index (χ0v) is 10.8. The van der Waals surface area contributed by atoms with Gasteiger partial charge in [-0.05, 0) is 12.5 Å². The smallest absolute Gasteiger partial charge is 0.354 e. The number of rotatable bonds is 1. The average Bonchev–Trinajstić information content (AvgIpc) is 2.38. The summed E-state index contributed by atoms with van der Waals surface area (Å²) < 4.78 is 37.5. The van der Waals surface area contributed by atoms with Crippen LogP contribution in [0.3, 0.4) is 0 Å². The van der Waals surface area contributed by atoms with Crippen molar-refractivity contribution in [3.8, 4) is 6.07 Å². The molecule has 0 radical (unpaired) electrons. The van der Waals surface area contributed by atoms with Crippen LogP contribution in [0.15, 0.2) is 12.3 Å². The number of hydrogen-bond acceptors (Lipinski definition) is 3. The van der Waals surface area contributed by atoms with Crippen molar-refractivity contribution in [2.45, 2.75) is 18.5 Å². The van der Waals surface area contributed by atoms with Crippen molar-refractivity contribution in [1.29, 1.82) is 5.26 Å². The number of halogens is 4. The highest BCUT2D eigenvalue weighted by Gasteiger charge is 2.34. The molecule has 1 aromatic heterocycles. The highest BCUT2D eigenvalue weighted by molar-refractivity contribution is 6.31. The van der Waals surface area contributed by atoms with Crippen LogP contribution in [0.25, 0.3) is 0 Å². The van der Waals surface area contributed by atoms with Crippen LogP contribution in [0, 0.1) is 17.2 Å². The normalized spacial score (nSPS) is 23.1. The van der Waals surface area contributed by atoms with Gasteiger partial charge in [0.25, 0.3) is 0 Å². The molecular formula is C12H9ClF3N3O. The Labute approximate surface area is 117 Å². The second-order valence-electron chi connectivity index (χ2n) is 4.45. The molecule has 2 rings (SSSR count). The molecule has 0 spiro atoms. The minimum Gasteiger partial charge on any atom is -0.354 e. The van der Waals surface area contributed by atoms with Gasteiger partial charge < -0.3 is 5.32 Å². The van der Waals surface area contributed by atoms with E-state index in [4.69, 9.17) is 16.9 Å². The summed E-state index contributed by atoms with van der Waals surface area (Å²) in [6, 6.07) is 2.65. The average molecular weight is 304 g/mol. The Morgan fingerprint density at radius 3 is 2.75 bits per heavy atom. The van der Waals surface area contributed by atoms with Gasteiger partial charge in [0, 0.05) is 18.7 Å². The Morgan fingerprint density at radius 1 is 1.50 bits per heavy atom. The Bertz CT molecular complexity index is 582. The molecule has 0 bridgehead atoms. The fourth-order valence-electron chi connectivity index (χ4n) is 2.05. The van der Waals surface area contributed by atoms with Gasteiger partial charge in [0.2, 0.25) is 5.91 Å². The van der Waals surface area contributed by atoms with Crippen molar-refractivity contribution in [3.63, 3.8) is 0 Å². The topological polar surface area (TPSA) is 65.8 Å². The maximum Gasteiger partial charge on any atom is 0.417 e. The number of nitrogens with zero attached hydrogens (tertiary/aromatic N) is 2. The van der Waals surface area contributed by atoms with Crippen LogP contribution in [-0.4, -0.2) is 17.4 Å². The van der Waals surface area contributed by atoms with Crippen LogP contribution in [0.5, 0.6) is 0 Å². The Balaban J connectivity index is 2.26. The molecule has 2 unspecified atom stereocenters. The standard InChI is InChI=1S/C12H9ClF3N3O/c13-9-2-8(12(14,15)16)5-18-10(9)7-1-6(3-17)11(20)19-4-7/h2,5-7H,1,4H2,(H,19,20). The van der Waals surface area contributed by atoms with E-state index < -0.39 is 17.7 Å². The first kappa shape index (κ1) is 14.6.